The van der Waals surface area contributed by atoms with Gasteiger partial charge in [0.25, 0.3) is 0 Å². The predicted octanol–water partition coefficient (Wildman–Crippen LogP) is 3.98. The Hall–Kier alpha value is -2.55. The summed E-state index contributed by atoms with van der Waals surface area (Å²) in [6, 6.07) is 13.0. The smallest absolute Gasteiger partial charge is 0.159 e. The number of carbonyl (C=O) groups excluding carboxylic acids is 1. The summed E-state index contributed by atoms with van der Waals surface area (Å²) in [5, 5.41) is 10.5. The maximum absolute atomic E-state index is 11.6. The van der Waals surface area contributed by atoms with Crippen molar-refractivity contribution in [3.63, 3.8) is 0 Å². The fourth-order valence-electron chi connectivity index (χ4n) is 2.65. The van der Waals surface area contributed by atoms with Crippen LogP contribution in [0.1, 0.15) is 34.1 Å². The van der Waals surface area contributed by atoms with Crippen molar-refractivity contribution in [2.24, 2.45) is 0 Å². The monoisotopic (exact) mass is 279 g/mol. The van der Waals surface area contributed by atoms with Gasteiger partial charge in [-0.15, -0.1) is 0 Å². The second kappa shape index (κ2) is 5.09. The van der Waals surface area contributed by atoms with Crippen molar-refractivity contribution < 1.29 is 9.90 Å². The number of ketones is 1. The highest BCUT2D eigenvalue weighted by molar-refractivity contribution is 5.99. The Bertz CT molecular complexity index is 813. The van der Waals surface area contributed by atoms with Gasteiger partial charge in [-0.2, -0.15) is 0 Å². The molecule has 0 spiro atoms. The van der Waals surface area contributed by atoms with Gasteiger partial charge < -0.3 is 10.1 Å². The first kappa shape index (κ1) is 13.4. The molecule has 1 heterocycles. The zero-order valence-electron chi connectivity index (χ0n) is 12.1. The minimum absolute atomic E-state index is 0.0753. The molecule has 2 N–H and O–H groups in total. The van der Waals surface area contributed by atoms with Gasteiger partial charge >= 0.3 is 0 Å². The van der Waals surface area contributed by atoms with Crippen LogP contribution in [0.4, 0.5) is 0 Å². The summed E-state index contributed by atoms with van der Waals surface area (Å²) in [4.78, 5) is 14.9. The highest BCUT2D eigenvalue weighted by Gasteiger charge is 2.11. The topological polar surface area (TPSA) is 53.1 Å². The summed E-state index contributed by atoms with van der Waals surface area (Å²) in [6.07, 6.45) is 0.771. The van der Waals surface area contributed by atoms with Crippen LogP contribution >= 0.6 is 0 Å². The number of hydrogen-bond acceptors (Lipinski definition) is 2. The maximum Gasteiger partial charge on any atom is 0.159 e. The van der Waals surface area contributed by atoms with Gasteiger partial charge in [-0.25, -0.2) is 0 Å². The summed E-state index contributed by atoms with van der Waals surface area (Å²) < 4.78 is 0. The summed E-state index contributed by atoms with van der Waals surface area (Å²) in [7, 11) is 0. The van der Waals surface area contributed by atoms with Crippen molar-refractivity contribution in [3.8, 4) is 5.75 Å². The first-order chi connectivity index (χ1) is 10.0. The third kappa shape index (κ3) is 2.55. The Balaban J connectivity index is 2.08. The number of carbonyl (C=O) groups is 1. The van der Waals surface area contributed by atoms with Crippen molar-refractivity contribution in [2.75, 3.05) is 0 Å². The molecule has 0 radical (unpaired) electrons. The summed E-state index contributed by atoms with van der Waals surface area (Å²) >= 11 is 0. The van der Waals surface area contributed by atoms with Gasteiger partial charge in [0, 0.05) is 22.2 Å². The van der Waals surface area contributed by atoms with E-state index in [1.165, 1.54) is 5.56 Å². The lowest BCUT2D eigenvalue weighted by Crippen LogP contribution is -1.92. The van der Waals surface area contributed by atoms with Gasteiger partial charge in [-0.05, 0) is 61.7 Å². The standard InChI is InChI=1S/C18H17NO2/c1-11-16(9-13-3-6-15(21)7-4-13)17-10-14(12(2)20)5-8-18(17)19-11/h3-8,10,19,21H,9H2,1-2H3. The van der Waals surface area contributed by atoms with Gasteiger partial charge in [0.15, 0.2) is 5.78 Å². The van der Waals surface area contributed by atoms with Crippen LogP contribution in [0.15, 0.2) is 42.5 Å². The molecule has 0 aliphatic rings. The van der Waals surface area contributed by atoms with Crippen LogP contribution in [0.3, 0.4) is 0 Å². The highest BCUT2D eigenvalue weighted by Crippen LogP contribution is 2.26. The Labute approximate surface area is 123 Å². The Kier molecular flexibility index (Phi) is 3.26. The molecule has 1 aromatic heterocycles. The molecule has 21 heavy (non-hydrogen) atoms. The van der Waals surface area contributed by atoms with E-state index in [0.717, 1.165) is 34.1 Å². The summed E-state index contributed by atoms with van der Waals surface area (Å²) in [5.74, 6) is 0.347. The van der Waals surface area contributed by atoms with E-state index >= 15 is 0 Å². The molecule has 3 nitrogen and oxygen atoms in total. The van der Waals surface area contributed by atoms with Crippen LogP contribution in [-0.4, -0.2) is 15.9 Å². The molecule has 0 bridgehead atoms. The van der Waals surface area contributed by atoms with E-state index in [1.807, 2.05) is 37.3 Å². The fourth-order valence-corrected chi connectivity index (χ4v) is 2.65. The van der Waals surface area contributed by atoms with Crippen LogP contribution in [0, 0.1) is 6.92 Å². The second-order valence-corrected chi connectivity index (χ2v) is 5.39. The average molecular weight is 279 g/mol. The number of nitrogens with one attached hydrogen (secondary N) is 1. The van der Waals surface area contributed by atoms with E-state index in [2.05, 4.69) is 4.98 Å². The molecule has 0 aliphatic heterocycles. The first-order valence-corrected chi connectivity index (χ1v) is 6.94. The quantitative estimate of drug-likeness (QED) is 0.713. The molecule has 0 fully saturated rings. The molecule has 0 saturated heterocycles. The number of aromatic hydroxyl groups is 1. The van der Waals surface area contributed by atoms with Crippen LogP contribution in [0.5, 0.6) is 5.75 Å². The van der Waals surface area contributed by atoms with Crippen LogP contribution in [0.25, 0.3) is 10.9 Å². The lowest BCUT2D eigenvalue weighted by Gasteiger charge is -2.04. The molecule has 0 saturated carbocycles. The molecule has 3 aromatic rings. The number of fused-ring (bicyclic) bond motifs is 1. The SMILES string of the molecule is CC(=O)c1ccc2[nH]c(C)c(Cc3ccc(O)cc3)c2c1. The predicted molar refractivity (Wildman–Crippen MR) is 84.0 cm³/mol. The highest BCUT2D eigenvalue weighted by atomic mass is 16.3. The van der Waals surface area contributed by atoms with Gasteiger partial charge in [0.05, 0.1) is 0 Å². The first-order valence-electron chi connectivity index (χ1n) is 6.94. The molecular formula is C18H17NO2. The molecule has 2 aromatic carbocycles. The molecule has 106 valence electrons. The van der Waals surface area contributed by atoms with Crippen molar-refractivity contribution in [3.05, 3.63) is 64.8 Å². The zero-order chi connectivity index (χ0) is 15.0. The number of rotatable bonds is 3. The fraction of sp³-hybridized carbons (Fsp3) is 0.167. The molecule has 3 heteroatoms. The van der Waals surface area contributed by atoms with Crippen LogP contribution < -0.4 is 0 Å². The molecule has 3 rings (SSSR count). The lowest BCUT2D eigenvalue weighted by molar-refractivity contribution is 0.101. The van der Waals surface area contributed by atoms with Gasteiger partial charge in [0.1, 0.15) is 5.75 Å². The Morgan fingerprint density at radius 1 is 1.14 bits per heavy atom. The van der Waals surface area contributed by atoms with Crippen molar-refractivity contribution in [2.45, 2.75) is 20.3 Å². The molecular weight excluding hydrogens is 262 g/mol. The number of aryl methyl sites for hydroxylation is 1. The number of aromatic nitrogens is 1. The third-order valence-electron chi connectivity index (χ3n) is 3.84. The number of phenolic OH excluding ortho intramolecular Hbond substituents is 1. The normalized spacial score (nSPS) is 11.0. The second-order valence-electron chi connectivity index (χ2n) is 5.39. The number of hydrogen-bond donors (Lipinski definition) is 2. The van der Waals surface area contributed by atoms with E-state index in [4.69, 9.17) is 0 Å². The maximum atomic E-state index is 11.6. The Morgan fingerprint density at radius 2 is 1.86 bits per heavy atom. The Morgan fingerprint density at radius 3 is 2.52 bits per heavy atom. The third-order valence-corrected chi connectivity index (χ3v) is 3.84. The number of phenols is 1. The summed E-state index contributed by atoms with van der Waals surface area (Å²) in [6.45, 7) is 3.63. The van der Waals surface area contributed by atoms with Gasteiger partial charge in [0.2, 0.25) is 0 Å². The van der Waals surface area contributed by atoms with E-state index in [0.29, 0.717) is 0 Å². The molecule has 0 aliphatic carbocycles. The molecule has 0 unspecified atom stereocenters. The molecule has 0 amide bonds. The van der Waals surface area contributed by atoms with Crippen molar-refractivity contribution in [1.82, 2.24) is 4.98 Å². The van der Waals surface area contributed by atoms with Crippen LogP contribution in [0.2, 0.25) is 0 Å². The van der Waals surface area contributed by atoms with Gasteiger partial charge in [-0.1, -0.05) is 12.1 Å². The number of benzene rings is 2. The molecule has 0 atom stereocenters. The number of Topliss-reactive ketones (excluding diaryl/α,β-unsaturated/α-hetero) is 1. The minimum atomic E-state index is 0.0753. The van der Waals surface area contributed by atoms with E-state index in [-0.39, 0.29) is 11.5 Å². The lowest BCUT2D eigenvalue weighted by atomic mass is 10.00. The average Bonchev–Trinajstić information content (AvgIpc) is 2.77. The van der Waals surface area contributed by atoms with E-state index in [9.17, 15) is 9.90 Å². The number of aromatic amines is 1. The minimum Gasteiger partial charge on any atom is -0.508 e. The summed E-state index contributed by atoms with van der Waals surface area (Å²) in [5.41, 5.74) is 5.21. The van der Waals surface area contributed by atoms with Crippen molar-refractivity contribution >= 4 is 16.7 Å². The zero-order valence-corrected chi connectivity index (χ0v) is 12.1. The van der Waals surface area contributed by atoms with Crippen LogP contribution in [-0.2, 0) is 6.42 Å². The van der Waals surface area contributed by atoms with Gasteiger partial charge in [-0.3, -0.25) is 4.79 Å². The number of H-pyrrole nitrogens is 1. The van der Waals surface area contributed by atoms with E-state index < -0.39 is 0 Å². The van der Waals surface area contributed by atoms with Crippen molar-refractivity contribution in [1.29, 1.82) is 0 Å². The largest absolute Gasteiger partial charge is 0.508 e. The van der Waals surface area contributed by atoms with E-state index in [1.54, 1.807) is 19.1 Å².